The number of hydrogen-bond donors (Lipinski definition) is 1. The quantitative estimate of drug-likeness (QED) is 0.571. The molecular formula is C14H9Br2ClF3N. The first kappa shape index (κ1) is 16.6. The van der Waals surface area contributed by atoms with Gasteiger partial charge in [-0.25, -0.2) is 0 Å². The zero-order valence-corrected chi connectivity index (χ0v) is 14.4. The SMILES string of the molecule is FC(F)(F)c1ccc(Br)c(NCc2ccc(Br)c(Cl)c2)c1. The maximum absolute atomic E-state index is 12.7. The van der Waals surface area contributed by atoms with E-state index in [-0.39, 0.29) is 0 Å². The lowest BCUT2D eigenvalue weighted by Gasteiger charge is -2.13. The van der Waals surface area contributed by atoms with E-state index < -0.39 is 11.7 Å². The predicted octanol–water partition coefficient (Wildman–Crippen LogP) is 6.50. The van der Waals surface area contributed by atoms with Gasteiger partial charge in [0.1, 0.15) is 0 Å². The van der Waals surface area contributed by atoms with Gasteiger partial charge in [0.2, 0.25) is 0 Å². The highest BCUT2D eigenvalue weighted by Gasteiger charge is 2.30. The van der Waals surface area contributed by atoms with Crippen molar-refractivity contribution in [2.75, 3.05) is 5.32 Å². The lowest BCUT2D eigenvalue weighted by Crippen LogP contribution is -2.07. The molecule has 0 unspecified atom stereocenters. The Bertz CT molecular complexity index is 659. The second-order valence-electron chi connectivity index (χ2n) is 4.29. The third-order valence-corrected chi connectivity index (χ3v) is 4.68. The summed E-state index contributed by atoms with van der Waals surface area (Å²) in [5, 5.41) is 3.52. The second kappa shape index (κ2) is 6.58. The summed E-state index contributed by atoms with van der Waals surface area (Å²) in [7, 11) is 0. The Morgan fingerprint density at radius 3 is 2.29 bits per heavy atom. The number of halogens is 6. The summed E-state index contributed by atoms with van der Waals surface area (Å²) in [5.41, 5.74) is 0.554. The van der Waals surface area contributed by atoms with Crippen LogP contribution in [0.2, 0.25) is 5.02 Å². The lowest BCUT2D eigenvalue weighted by atomic mass is 10.2. The fraction of sp³-hybridized carbons (Fsp3) is 0.143. The van der Waals surface area contributed by atoms with Gasteiger partial charge in [-0.05, 0) is 67.8 Å². The normalized spacial score (nSPS) is 11.5. The molecule has 0 aliphatic heterocycles. The van der Waals surface area contributed by atoms with Gasteiger partial charge in [0.25, 0.3) is 0 Å². The fourth-order valence-electron chi connectivity index (χ4n) is 1.68. The molecule has 2 aromatic carbocycles. The minimum atomic E-state index is -4.36. The van der Waals surface area contributed by atoms with Crippen LogP contribution in [0.4, 0.5) is 18.9 Å². The Morgan fingerprint density at radius 2 is 1.67 bits per heavy atom. The molecule has 7 heteroatoms. The molecule has 0 aliphatic carbocycles. The van der Waals surface area contributed by atoms with Crippen molar-refractivity contribution >= 4 is 49.1 Å². The van der Waals surface area contributed by atoms with Gasteiger partial charge < -0.3 is 5.32 Å². The Kier molecular flexibility index (Phi) is 5.22. The first-order valence-corrected chi connectivity index (χ1v) is 7.78. The number of hydrogen-bond acceptors (Lipinski definition) is 1. The molecule has 2 aromatic rings. The average molecular weight is 443 g/mol. The molecule has 0 bridgehead atoms. The first-order valence-electron chi connectivity index (χ1n) is 5.82. The monoisotopic (exact) mass is 441 g/mol. The zero-order valence-electron chi connectivity index (χ0n) is 10.4. The summed E-state index contributed by atoms with van der Waals surface area (Å²) in [4.78, 5) is 0. The molecule has 0 saturated carbocycles. The third kappa shape index (κ3) is 4.37. The van der Waals surface area contributed by atoms with Crippen molar-refractivity contribution in [1.82, 2.24) is 0 Å². The third-order valence-electron chi connectivity index (χ3n) is 2.76. The van der Waals surface area contributed by atoms with Gasteiger partial charge in [-0.15, -0.1) is 0 Å². The number of anilines is 1. The standard InChI is InChI=1S/C14H9Br2ClF3N/c15-10-3-1-8(5-12(10)17)7-21-13-6-9(14(18,19)20)2-4-11(13)16/h1-6,21H,7H2. The van der Waals surface area contributed by atoms with Gasteiger partial charge in [0.15, 0.2) is 0 Å². The van der Waals surface area contributed by atoms with E-state index in [1.54, 1.807) is 12.1 Å². The van der Waals surface area contributed by atoms with Crippen molar-refractivity contribution in [3.63, 3.8) is 0 Å². The average Bonchev–Trinajstić information content (AvgIpc) is 2.40. The van der Waals surface area contributed by atoms with Gasteiger partial charge in [0.05, 0.1) is 10.6 Å². The zero-order chi connectivity index (χ0) is 15.6. The van der Waals surface area contributed by atoms with Crippen molar-refractivity contribution in [2.45, 2.75) is 12.7 Å². The van der Waals surface area contributed by atoms with Gasteiger partial charge in [-0.3, -0.25) is 0 Å². The molecular weight excluding hydrogens is 434 g/mol. The molecule has 0 radical (unpaired) electrons. The van der Waals surface area contributed by atoms with E-state index >= 15 is 0 Å². The first-order chi connectivity index (χ1) is 9.77. The van der Waals surface area contributed by atoms with Crippen molar-refractivity contribution in [3.8, 4) is 0 Å². The van der Waals surface area contributed by atoms with Crippen LogP contribution in [0, 0.1) is 0 Å². The Labute approximate surface area is 141 Å². The molecule has 1 N–H and O–H groups in total. The Morgan fingerprint density at radius 1 is 1.00 bits per heavy atom. The lowest BCUT2D eigenvalue weighted by molar-refractivity contribution is -0.137. The number of nitrogens with one attached hydrogen (secondary N) is 1. The minimum absolute atomic E-state index is 0.368. The highest BCUT2D eigenvalue weighted by atomic mass is 79.9. The van der Waals surface area contributed by atoms with Crippen molar-refractivity contribution in [2.24, 2.45) is 0 Å². The van der Waals surface area contributed by atoms with Gasteiger partial charge in [-0.1, -0.05) is 17.7 Å². The van der Waals surface area contributed by atoms with Crippen LogP contribution in [0.5, 0.6) is 0 Å². The van der Waals surface area contributed by atoms with E-state index in [1.165, 1.54) is 6.07 Å². The van der Waals surface area contributed by atoms with Crippen molar-refractivity contribution in [1.29, 1.82) is 0 Å². The topological polar surface area (TPSA) is 12.0 Å². The summed E-state index contributed by atoms with van der Waals surface area (Å²) < 4.78 is 39.4. The molecule has 0 saturated heterocycles. The van der Waals surface area contributed by atoms with Crippen LogP contribution in [0.15, 0.2) is 45.3 Å². The Balaban J connectivity index is 2.17. The number of benzene rings is 2. The molecule has 0 aromatic heterocycles. The molecule has 1 nitrogen and oxygen atoms in total. The minimum Gasteiger partial charge on any atom is -0.380 e. The molecule has 112 valence electrons. The van der Waals surface area contributed by atoms with Crippen LogP contribution < -0.4 is 5.32 Å². The smallest absolute Gasteiger partial charge is 0.380 e. The number of rotatable bonds is 3. The maximum Gasteiger partial charge on any atom is 0.416 e. The van der Waals surface area contributed by atoms with Gasteiger partial charge in [0, 0.05) is 21.2 Å². The van der Waals surface area contributed by atoms with E-state index in [1.807, 2.05) is 6.07 Å². The van der Waals surface area contributed by atoms with Crippen LogP contribution >= 0.6 is 43.5 Å². The maximum atomic E-state index is 12.7. The summed E-state index contributed by atoms with van der Waals surface area (Å²) in [6, 6.07) is 8.86. The van der Waals surface area contributed by atoms with Crippen LogP contribution in [0.25, 0.3) is 0 Å². The summed E-state index contributed by atoms with van der Waals surface area (Å²) in [6.45, 7) is 0.368. The molecule has 2 rings (SSSR count). The van der Waals surface area contributed by atoms with Crippen molar-refractivity contribution < 1.29 is 13.2 Å². The molecule has 0 heterocycles. The van der Waals surface area contributed by atoms with Crippen LogP contribution in [0.1, 0.15) is 11.1 Å². The van der Waals surface area contributed by atoms with Crippen molar-refractivity contribution in [3.05, 3.63) is 61.5 Å². The van der Waals surface area contributed by atoms with Gasteiger partial charge in [-0.2, -0.15) is 13.2 Å². The van der Waals surface area contributed by atoms with Crippen LogP contribution in [-0.4, -0.2) is 0 Å². The van der Waals surface area contributed by atoms with Gasteiger partial charge >= 0.3 is 6.18 Å². The highest BCUT2D eigenvalue weighted by Crippen LogP contribution is 2.34. The predicted molar refractivity (Wildman–Crippen MR) is 85.6 cm³/mol. The van der Waals surface area contributed by atoms with Crippen LogP contribution in [0.3, 0.4) is 0 Å². The fourth-order valence-corrected chi connectivity index (χ4v) is 2.52. The van der Waals surface area contributed by atoms with E-state index in [2.05, 4.69) is 37.2 Å². The molecule has 0 spiro atoms. The highest BCUT2D eigenvalue weighted by molar-refractivity contribution is 9.11. The van der Waals surface area contributed by atoms with E-state index in [9.17, 15) is 13.2 Å². The summed E-state index contributed by atoms with van der Waals surface area (Å²) in [5.74, 6) is 0. The summed E-state index contributed by atoms with van der Waals surface area (Å²) in [6.07, 6.45) is -4.36. The molecule has 0 fully saturated rings. The van der Waals surface area contributed by atoms with E-state index in [4.69, 9.17) is 11.6 Å². The number of alkyl halides is 3. The van der Waals surface area contributed by atoms with E-state index in [0.717, 1.165) is 22.2 Å². The van der Waals surface area contributed by atoms with E-state index in [0.29, 0.717) is 21.7 Å². The second-order valence-corrected chi connectivity index (χ2v) is 6.41. The van der Waals surface area contributed by atoms with Crippen LogP contribution in [-0.2, 0) is 12.7 Å². The molecule has 21 heavy (non-hydrogen) atoms. The molecule has 0 atom stereocenters. The molecule has 0 amide bonds. The largest absolute Gasteiger partial charge is 0.416 e. The molecule has 0 aliphatic rings. The Hall–Kier alpha value is -0.720. The summed E-state index contributed by atoms with van der Waals surface area (Å²) >= 11 is 12.5.